The molecule has 3 N–H and O–H groups in total. The first kappa shape index (κ1) is 14.6. The number of carbonyl (C=O) groups excluding carboxylic acids is 1. The molecular weight excluding hydrogens is 281 g/mol. The van der Waals surface area contributed by atoms with E-state index in [1.54, 1.807) is 14.1 Å². The zero-order valence-corrected chi connectivity index (χ0v) is 11.1. The molecule has 0 atom stereocenters. The van der Waals surface area contributed by atoms with E-state index in [9.17, 15) is 9.59 Å². The van der Waals surface area contributed by atoms with Crippen LogP contribution in [0.2, 0.25) is 10.0 Å². The summed E-state index contributed by atoms with van der Waals surface area (Å²) >= 11 is 11.6. The van der Waals surface area contributed by atoms with Crippen LogP contribution in [0.4, 0.5) is 10.5 Å². The zero-order chi connectivity index (χ0) is 13.9. The molecule has 8 heteroatoms. The van der Waals surface area contributed by atoms with Crippen molar-refractivity contribution in [3.8, 4) is 0 Å². The second kappa shape index (κ2) is 5.90. The predicted octanol–water partition coefficient (Wildman–Crippen LogP) is 2.29. The van der Waals surface area contributed by atoms with Gasteiger partial charge in [0.2, 0.25) is 0 Å². The summed E-state index contributed by atoms with van der Waals surface area (Å²) < 4.78 is 0. The van der Waals surface area contributed by atoms with Crippen molar-refractivity contribution in [2.24, 2.45) is 0 Å². The van der Waals surface area contributed by atoms with E-state index < -0.39 is 12.0 Å². The molecule has 0 aromatic heterocycles. The first-order valence-electron chi connectivity index (χ1n) is 4.78. The average molecular weight is 292 g/mol. The van der Waals surface area contributed by atoms with Crippen molar-refractivity contribution in [1.82, 2.24) is 10.4 Å². The van der Waals surface area contributed by atoms with Gasteiger partial charge in [-0.1, -0.05) is 23.2 Å². The van der Waals surface area contributed by atoms with Crippen LogP contribution < -0.4 is 10.7 Å². The van der Waals surface area contributed by atoms with Crippen LogP contribution in [-0.4, -0.2) is 36.2 Å². The number of hydrazine groups is 1. The van der Waals surface area contributed by atoms with Gasteiger partial charge in [-0.05, 0) is 12.1 Å². The summed E-state index contributed by atoms with van der Waals surface area (Å²) in [6.45, 7) is 0. The molecule has 0 aliphatic heterocycles. The molecule has 98 valence electrons. The van der Waals surface area contributed by atoms with E-state index in [1.165, 1.54) is 17.1 Å². The third-order valence-electron chi connectivity index (χ3n) is 1.85. The molecule has 1 aromatic carbocycles. The number of rotatable bonds is 3. The molecule has 0 fully saturated rings. The Morgan fingerprint density at radius 2 is 1.89 bits per heavy atom. The van der Waals surface area contributed by atoms with Crippen LogP contribution in [0.15, 0.2) is 12.1 Å². The first-order chi connectivity index (χ1) is 8.31. The molecule has 0 radical (unpaired) electrons. The fourth-order valence-corrected chi connectivity index (χ4v) is 1.75. The second-order valence-corrected chi connectivity index (χ2v) is 4.42. The van der Waals surface area contributed by atoms with Gasteiger partial charge in [0.1, 0.15) is 0 Å². The molecule has 0 aliphatic rings. The van der Waals surface area contributed by atoms with Gasteiger partial charge in [0, 0.05) is 19.1 Å². The van der Waals surface area contributed by atoms with Crippen LogP contribution in [0.25, 0.3) is 0 Å². The molecular formula is C10H11Cl2N3O3. The third-order valence-corrected chi connectivity index (χ3v) is 2.37. The van der Waals surface area contributed by atoms with E-state index in [2.05, 4.69) is 10.7 Å². The maximum absolute atomic E-state index is 11.5. The zero-order valence-electron chi connectivity index (χ0n) is 9.62. The minimum atomic E-state index is -1.24. The van der Waals surface area contributed by atoms with E-state index in [-0.39, 0.29) is 21.3 Å². The van der Waals surface area contributed by atoms with Gasteiger partial charge in [-0.3, -0.25) is 5.43 Å². The van der Waals surface area contributed by atoms with E-state index in [1.807, 2.05) is 0 Å². The van der Waals surface area contributed by atoms with Crippen LogP contribution in [0.5, 0.6) is 0 Å². The average Bonchev–Trinajstić information content (AvgIpc) is 2.20. The Morgan fingerprint density at radius 1 is 1.28 bits per heavy atom. The first-order valence-corrected chi connectivity index (χ1v) is 5.54. The van der Waals surface area contributed by atoms with Gasteiger partial charge in [0.15, 0.2) is 0 Å². The van der Waals surface area contributed by atoms with Crippen LogP contribution in [-0.2, 0) is 0 Å². The quantitative estimate of drug-likeness (QED) is 0.747. The molecule has 0 spiro atoms. The van der Waals surface area contributed by atoms with Crippen molar-refractivity contribution < 1.29 is 14.7 Å². The highest BCUT2D eigenvalue weighted by Gasteiger charge is 2.17. The molecule has 6 nitrogen and oxygen atoms in total. The molecule has 0 heterocycles. The van der Waals surface area contributed by atoms with Crippen LogP contribution in [0.1, 0.15) is 10.4 Å². The Bertz CT molecular complexity index is 492. The van der Waals surface area contributed by atoms with Crippen molar-refractivity contribution in [3.63, 3.8) is 0 Å². The molecule has 0 unspecified atom stereocenters. The largest absolute Gasteiger partial charge is 0.478 e. The number of nitrogens with zero attached hydrogens (tertiary/aromatic N) is 1. The topological polar surface area (TPSA) is 81.7 Å². The lowest BCUT2D eigenvalue weighted by molar-refractivity contribution is 0.0698. The Morgan fingerprint density at radius 3 is 2.39 bits per heavy atom. The molecule has 0 saturated heterocycles. The maximum atomic E-state index is 11.5. The van der Waals surface area contributed by atoms with Crippen molar-refractivity contribution in [2.45, 2.75) is 0 Å². The number of amides is 2. The number of nitrogens with one attached hydrogen (secondary N) is 2. The number of carbonyl (C=O) groups is 2. The number of hydrogen-bond donors (Lipinski definition) is 3. The lowest BCUT2D eigenvalue weighted by Gasteiger charge is -2.15. The summed E-state index contributed by atoms with van der Waals surface area (Å²) in [7, 11) is 3.22. The number of urea groups is 1. The van der Waals surface area contributed by atoms with Crippen LogP contribution >= 0.6 is 23.2 Å². The molecule has 0 saturated carbocycles. The predicted molar refractivity (Wildman–Crippen MR) is 69.3 cm³/mol. The minimum Gasteiger partial charge on any atom is -0.478 e. The monoisotopic (exact) mass is 291 g/mol. The van der Waals surface area contributed by atoms with Gasteiger partial charge < -0.3 is 10.4 Å². The molecule has 0 aliphatic carbocycles. The van der Waals surface area contributed by atoms with Gasteiger partial charge in [-0.2, -0.15) is 0 Å². The smallest absolute Gasteiger partial charge is 0.337 e. The minimum absolute atomic E-state index is 0.00656. The highest BCUT2D eigenvalue weighted by molar-refractivity contribution is 6.37. The Balaban J connectivity index is 3.07. The standard InChI is InChI=1S/C10H11Cl2N3O3/c1-15(2)14-10(18)13-8-6(9(16)17)3-5(11)4-7(8)12/h3-4H,1-2H3,(H,16,17)(H2,13,14,18). The summed E-state index contributed by atoms with van der Waals surface area (Å²) in [6, 6.07) is 1.95. The van der Waals surface area contributed by atoms with Gasteiger partial charge in [0.05, 0.1) is 16.3 Å². The molecule has 1 rings (SSSR count). The Kier molecular flexibility index (Phi) is 4.77. The summed E-state index contributed by atoms with van der Waals surface area (Å²) in [5.41, 5.74) is 2.21. The van der Waals surface area contributed by atoms with Crippen LogP contribution in [0, 0.1) is 0 Å². The van der Waals surface area contributed by atoms with Crippen molar-refractivity contribution in [2.75, 3.05) is 19.4 Å². The molecule has 2 amide bonds. The molecule has 18 heavy (non-hydrogen) atoms. The maximum Gasteiger partial charge on any atom is 0.337 e. The van der Waals surface area contributed by atoms with E-state index >= 15 is 0 Å². The number of anilines is 1. The van der Waals surface area contributed by atoms with Gasteiger partial charge in [-0.25, -0.2) is 14.6 Å². The van der Waals surface area contributed by atoms with Crippen molar-refractivity contribution in [3.05, 3.63) is 27.7 Å². The number of hydrogen-bond acceptors (Lipinski definition) is 3. The second-order valence-electron chi connectivity index (χ2n) is 3.58. The summed E-state index contributed by atoms with van der Waals surface area (Å²) in [4.78, 5) is 22.5. The van der Waals surface area contributed by atoms with E-state index in [0.29, 0.717) is 0 Å². The summed E-state index contributed by atoms with van der Waals surface area (Å²) in [5, 5.41) is 13.0. The number of carboxylic acid groups (broad SMARTS) is 1. The van der Waals surface area contributed by atoms with E-state index in [4.69, 9.17) is 28.3 Å². The normalized spacial score (nSPS) is 10.3. The van der Waals surface area contributed by atoms with Gasteiger partial charge in [-0.15, -0.1) is 0 Å². The highest BCUT2D eigenvalue weighted by atomic mass is 35.5. The van der Waals surface area contributed by atoms with E-state index in [0.717, 1.165) is 0 Å². The molecule has 1 aromatic rings. The Labute approximate surface area is 113 Å². The SMILES string of the molecule is CN(C)NC(=O)Nc1c(Cl)cc(Cl)cc1C(=O)O. The van der Waals surface area contributed by atoms with Crippen LogP contribution in [0.3, 0.4) is 0 Å². The van der Waals surface area contributed by atoms with Gasteiger partial charge in [0.25, 0.3) is 0 Å². The Hall–Kier alpha value is -1.50. The summed E-state index contributed by atoms with van der Waals surface area (Å²) in [5.74, 6) is -1.24. The number of carboxylic acids is 1. The lowest BCUT2D eigenvalue weighted by atomic mass is 10.2. The fourth-order valence-electron chi connectivity index (χ4n) is 1.21. The lowest BCUT2D eigenvalue weighted by Crippen LogP contribution is -2.39. The number of aromatic carboxylic acids is 1. The van der Waals surface area contributed by atoms with Gasteiger partial charge >= 0.3 is 12.0 Å². The fraction of sp³-hybridized carbons (Fsp3) is 0.200. The third kappa shape index (κ3) is 3.76. The van der Waals surface area contributed by atoms with Crippen molar-refractivity contribution in [1.29, 1.82) is 0 Å². The highest BCUT2D eigenvalue weighted by Crippen LogP contribution is 2.30. The number of benzene rings is 1. The number of halogens is 2. The summed E-state index contributed by atoms with van der Waals surface area (Å²) in [6.07, 6.45) is 0. The van der Waals surface area contributed by atoms with Crippen molar-refractivity contribution >= 4 is 40.9 Å². The molecule has 0 bridgehead atoms.